The smallest absolute Gasteiger partial charge is 0.345 e. The summed E-state index contributed by atoms with van der Waals surface area (Å²) in [5.41, 5.74) is 1.75. The minimum atomic E-state index is -4.68. The molecular formula is C19H18F3N7O. The number of halogens is 3. The van der Waals surface area contributed by atoms with Crippen molar-refractivity contribution in [2.24, 2.45) is 7.05 Å². The van der Waals surface area contributed by atoms with Crippen LogP contribution in [0.15, 0.2) is 42.6 Å². The van der Waals surface area contributed by atoms with Crippen LogP contribution in [0.1, 0.15) is 22.9 Å². The minimum absolute atomic E-state index is 0.278. The number of aromatic nitrogens is 5. The van der Waals surface area contributed by atoms with Gasteiger partial charge in [-0.15, -0.1) is 5.10 Å². The molecule has 3 aromatic rings. The zero-order valence-corrected chi connectivity index (χ0v) is 16.0. The number of aryl methyl sites for hydroxylation is 1. The molecule has 1 saturated heterocycles. The van der Waals surface area contributed by atoms with Gasteiger partial charge in [0.1, 0.15) is 0 Å². The van der Waals surface area contributed by atoms with E-state index in [4.69, 9.17) is 0 Å². The Bertz CT molecular complexity index is 1050. The number of hydrogen-bond acceptors (Lipinski definition) is 6. The quantitative estimate of drug-likeness (QED) is 0.701. The lowest BCUT2D eigenvalue weighted by Crippen LogP contribution is -2.38. The van der Waals surface area contributed by atoms with Crippen molar-refractivity contribution in [2.45, 2.75) is 18.6 Å². The number of nitrogens with one attached hydrogen (secondary N) is 1. The lowest BCUT2D eigenvalue weighted by atomic mass is 10.1. The van der Waals surface area contributed by atoms with Crippen LogP contribution in [-0.2, 0) is 13.2 Å². The predicted molar refractivity (Wildman–Crippen MR) is 102 cm³/mol. The maximum atomic E-state index is 12.8. The van der Waals surface area contributed by atoms with Crippen LogP contribution in [0.5, 0.6) is 0 Å². The largest absolute Gasteiger partial charge is 0.451 e. The molecule has 156 valence electrons. The number of anilines is 1. The van der Waals surface area contributed by atoms with Crippen molar-refractivity contribution in [3.05, 3.63) is 54.2 Å². The van der Waals surface area contributed by atoms with Gasteiger partial charge in [-0.1, -0.05) is 30.3 Å². The van der Waals surface area contributed by atoms with Gasteiger partial charge in [0, 0.05) is 37.9 Å². The first kappa shape index (κ1) is 19.8. The van der Waals surface area contributed by atoms with Crippen molar-refractivity contribution in [1.82, 2.24) is 30.0 Å². The topological polar surface area (TPSA) is 88.8 Å². The minimum Gasteiger partial charge on any atom is -0.345 e. The Labute approximate surface area is 169 Å². The molecule has 0 bridgehead atoms. The number of nitrogens with zero attached hydrogens (tertiary/aromatic N) is 6. The van der Waals surface area contributed by atoms with E-state index in [0.29, 0.717) is 30.1 Å². The monoisotopic (exact) mass is 417 g/mol. The van der Waals surface area contributed by atoms with Gasteiger partial charge in [-0.05, 0) is 12.5 Å². The van der Waals surface area contributed by atoms with Gasteiger partial charge < -0.3 is 10.2 Å². The SMILES string of the molecule is Cn1nc(C(=O)NC2CCN(c3nccc(-c4ccccc4)n3)C2)nc1C(F)(F)F. The van der Waals surface area contributed by atoms with Gasteiger partial charge >= 0.3 is 6.18 Å². The van der Waals surface area contributed by atoms with E-state index in [1.807, 2.05) is 41.3 Å². The summed E-state index contributed by atoms with van der Waals surface area (Å²) in [6.07, 6.45) is -2.40. The molecule has 1 atom stereocenters. The number of hydrogen-bond donors (Lipinski definition) is 1. The van der Waals surface area contributed by atoms with Crippen molar-refractivity contribution < 1.29 is 18.0 Å². The van der Waals surface area contributed by atoms with E-state index < -0.39 is 23.7 Å². The molecule has 0 radical (unpaired) electrons. The van der Waals surface area contributed by atoms with Crippen molar-refractivity contribution in [3.63, 3.8) is 0 Å². The number of amides is 1. The molecule has 1 aliphatic rings. The molecule has 0 saturated carbocycles. The number of carbonyl (C=O) groups excluding carboxylic acids is 1. The highest BCUT2D eigenvalue weighted by Gasteiger charge is 2.38. The Kier molecular flexibility index (Phi) is 5.10. The van der Waals surface area contributed by atoms with Crippen molar-refractivity contribution in [2.75, 3.05) is 18.0 Å². The second-order valence-corrected chi connectivity index (χ2v) is 6.89. The van der Waals surface area contributed by atoms with E-state index in [1.165, 1.54) is 0 Å². The maximum absolute atomic E-state index is 12.8. The van der Waals surface area contributed by atoms with Crippen molar-refractivity contribution in [3.8, 4) is 11.3 Å². The molecule has 1 unspecified atom stereocenters. The van der Waals surface area contributed by atoms with E-state index in [0.717, 1.165) is 18.3 Å². The summed E-state index contributed by atoms with van der Waals surface area (Å²) in [4.78, 5) is 26.4. The highest BCUT2D eigenvalue weighted by molar-refractivity contribution is 5.90. The molecule has 8 nitrogen and oxygen atoms in total. The number of carbonyl (C=O) groups is 1. The first-order valence-corrected chi connectivity index (χ1v) is 9.24. The molecule has 11 heteroatoms. The van der Waals surface area contributed by atoms with Crippen LogP contribution in [0.2, 0.25) is 0 Å². The van der Waals surface area contributed by atoms with Crippen LogP contribution < -0.4 is 10.2 Å². The Morgan fingerprint density at radius 3 is 2.63 bits per heavy atom. The summed E-state index contributed by atoms with van der Waals surface area (Å²) in [5, 5.41) is 6.27. The van der Waals surface area contributed by atoms with Gasteiger partial charge in [-0.3, -0.25) is 4.79 Å². The van der Waals surface area contributed by atoms with Crippen LogP contribution in [0.25, 0.3) is 11.3 Å². The molecule has 3 heterocycles. The lowest BCUT2D eigenvalue weighted by Gasteiger charge is -2.17. The van der Waals surface area contributed by atoms with E-state index >= 15 is 0 Å². The summed E-state index contributed by atoms with van der Waals surface area (Å²) in [7, 11) is 1.10. The van der Waals surface area contributed by atoms with Crippen molar-refractivity contribution >= 4 is 11.9 Å². The average Bonchev–Trinajstić information content (AvgIpc) is 3.35. The first-order chi connectivity index (χ1) is 14.3. The molecule has 1 aromatic carbocycles. The maximum Gasteiger partial charge on any atom is 0.451 e. The van der Waals surface area contributed by atoms with Crippen LogP contribution >= 0.6 is 0 Å². The standard InChI is InChI=1S/C19H18F3N7O/c1-28-17(19(20,21)22)26-15(27-28)16(30)24-13-8-10-29(11-13)18-23-9-7-14(25-18)12-5-3-2-4-6-12/h2-7,9,13H,8,10-11H2,1H3,(H,24,30). The molecule has 2 aromatic heterocycles. The molecule has 0 aliphatic carbocycles. The lowest BCUT2D eigenvalue weighted by molar-refractivity contribution is -0.147. The fourth-order valence-corrected chi connectivity index (χ4v) is 3.31. The molecule has 0 spiro atoms. The van der Waals surface area contributed by atoms with Gasteiger partial charge in [0.15, 0.2) is 0 Å². The molecule has 1 aliphatic heterocycles. The summed E-state index contributed by atoms with van der Waals surface area (Å²) in [6, 6.07) is 11.2. The number of benzene rings is 1. The predicted octanol–water partition coefficient (Wildman–Crippen LogP) is 2.30. The first-order valence-electron chi connectivity index (χ1n) is 9.24. The molecule has 1 N–H and O–H groups in total. The third-order valence-electron chi connectivity index (χ3n) is 4.74. The third-order valence-corrected chi connectivity index (χ3v) is 4.74. The molecular weight excluding hydrogens is 399 g/mol. The Morgan fingerprint density at radius 1 is 1.17 bits per heavy atom. The summed E-state index contributed by atoms with van der Waals surface area (Å²) < 4.78 is 39.1. The Hall–Kier alpha value is -3.50. The van der Waals surface area contributed by atoms with Crippen LogP contribution in [0.4, 0.5) is 19.1 Å². The van der Waals surface area contributed by atoms with Crippen LogP contribution in [0.3, 0.4) is 0 Å². The summed E-state index contributed by atoms with van der Waals surface area (Å²) in [6.45, 7) is 1.04. The van der Waals surface area contributed by atoms with Gasteiger partial charge in [-0.2, -0.15) is 18.2 Å². The van der Waals surface area contributed by atoms with Crippen LogP contribution in [-0.4, -0.2) is 49.8 Å². The second kappa shape index (κ2) is 7.73. The third kappa shape index (κ3) is 4.09. The van der Waals surface area contributed by atoms with E-state index in [2.05, 4.69) is 25.4 Å². The van der Waals surface area contributed by atoms with Gasteiger partial charge in [0.05, 0.1) is 5.69 Å². The fraction of sp³-hybridized carbons (Fsp3) is 0.316. The summed E-state index contributed by atoms with van der Waals surface area (Å²) >= 11 is 0. The normalized spacial score (nSPS) is 16.7. The van der Waals surface area contributed by atoms with E-state index in [9.17, 15) is 18.0 Å². The Balaban J connectivity index is 1.42. The summed E-state index contributed by atoms with van der Waals surface area (Å²) in [5.74, 6) is -1.94. The number of rotatable bonds is 4. The average molecular weight is 417 g/mol. The highest BCUT2D eigenvalue weighted by Crippen LogP contribution is 2.27. The molecule has 4 rings (SSSR count). The Morgan fingerprint density at radius 2 is 1.93 bits per heavy atom. The van der Waals surface area contributed by atoms with E-state index in [1.54, 1.807) is 6.20 Å². The van der Waals surface area contributed by atoms with Crippen molar-refractivity contribution in [1.29, 1.82) is 0 Å². The van der Waals surface area contributed by atoms with Crippen LogP contribution in [0, 0.1) is 0 Å². The molecule has 30 heavy (non-hydrogen) atoms. The van der Waals surface area contributed by atoms with Gasteiger partial charge in [-0.25, -0.2) is 14.6 Å². The molecule has 1 amide bonds. The van der Waals surface area contributed by atoms with E-state index in [-0.39, 0.29) is 6.04 Å². The zero-order chi connectivity index (χ0) is 21.3. The van der Waals surface area contributed by atoms with Gasteiger partial charge in [0.25, 0.3) is 5.91 Å². The van der Waals surface area contributed by atoms with Gasteiger partial charge in [0.2, 0.25) is 17.6 Å². The zero-order valence-electron chi connectivity index (χ0n) is 16.0. The molecule has 1 fully saturated rings. The number of alkyl halides is 3. The second-order valence-electron chi connectivity index (χ2n) is 6.89. The highest BCUT2D eigenvalue weighted by atomic mass is 19.4. The fourth-order valence-electron chi connectivity index (χ4n) is 3.31.